The van der Waals surface area contributed by atoms with Crippen LogP contribution in [0, 0.1) is 13.8 Å². The zero-order valence-electron chi connectivity index (χ0n) is 18.9. The molecule has 6 heteroatoms. The van der Waals surface area contributed by atoms with E-state index in [0.29, 0.717) is 41.4 Å². The van der Waals surface area contributed by atoms with Gasteiger partial charge >= 0.3 is 0 Å². The van der Waals surface area contributed by atoms with Gasteiger partial charge in [-0.25, -0.2) is 0 Å². The van der Waals surface area contributed by atoms with Gasteiger partial charge in [-0.2, -0.15) is 0 Å². The van der Waals surface area contributed by atoms with Crippen molar-refractivity contribution >= 4 is 22.4 Å². The van der Waals surface area contributed by atoms with E-state index in [4.69, 9.17) is 4.74 Å². The van der Waals surface area contributed by atoms with E-state index in [1.807, 2.05) is 19.9 Å². The topological polar surface area (TPSA) is 80.6 Å². The summed E-state index contributed by atoms with van der Waals surface area (Å²) >= 11 is 0. The summed E-state index contributed by atoms with van der Waals surface area (Å²) in [5, 5.41) is 15.0. The molecule has 0 spiro atoms. The molecule has 1 aliphatic rings. The van der Waals surface area contributed by atoms with Crippen molar-refractivity contribution in [2.75, 3.05) is 12.4 Å². The summed E-state index contributed by atoms with van der Waals surface area (Å²) in [5.41, 5.74) is 1.91. The highest BCUT2D eigenvalue weighted by atomic mass is 16.5. The summed E-state index contributed by atoms with van der Waals surface area (Å²) in [6.07, 6.45) is 6.25. The Bertz CT molecular complexity index is 1200. The van der Waals surface area contributed by atoms with Crippen molar-refractivity contribution in [1.82, 2.24) is 4.57 Å². The van der Waals surface area contributed by atoms with Gasteiger partial charge in [-0.3, -0.25) is 9.59 Å². The molecule has 6 nitrogen and oxygen atoms in total. The SMILES string of the molecule is COc1c(C)cc(C(=O)Nc2cccc3c(=O)n(CC4(O)CCCCC4)ccc23)cc1C. The molecule has 0 aliphatic heterocycles. The Labute approximate surface area is 187 Å². The minimum Gasteiger partial charge on any atom is -0.496 e. The maximum Gasteiger partial charge on any atom is 0.258 e. The van der Waals surface area contributed by atoms with Crippen molar-refractivity contribution in [3.63, 3.8) is 0 Å². The van der Waals surface area contributed by atoms with Crippen LogP contribution in [0.4, 0.5) is 5.69 Å². The van der Waals surface area contributed by atoms with E-state index in [-0.39, 0.29) is 11.5 Å². The number of aryl methyl sites for hydroxylation is 2. The van der Waals surface area contributed by atoms with Gasteiger partial charge in [-0.05, 0) is 68.1 Å². The van der Waals surface area contributed by atoms with E-state index in [2.05, 4.69) is 5.32 Å². The fraction of sp³-hybridized carbons (Fsp3) is 0.385. The number of amides is 1. The van der Waals surface area contributed by atoms with Gasteiger partial charge in [0.15, 0.2) is 0 Å². The summed E-state index contributed by atoms with van der Waals surface area (Å²) in [6.45, 7) is 4.11. The molecule has 168 valence electrons. The minimum absolute atomic E-state index is 0.159. The molecular weight excluding hydrogens is 404 g/mol. The molecule has 1 heterocycles. The van der Waals surface area contributed by atoms with E-state index < -0.39 is 5.60 Å². The van der Waals surface area contributed by atoms with Crippen molar-refractivity contribution in [3.05, 3.63) is 69.6 Å². The highest BCUT2D eigenvalue weighted by Crippen LogP contribution is 2.30. The van der Waals surface area contributed by atoms with E-state index >= 15 is 0 Å². The Balaban J connectivity index is 1.64. The van der Waals surface area contributed by atoms with Crippen molar-refractivity contribution < 1.29 is 14.6 Å². The summed E-state index contributed by atoms with van der Waals surface area (Å²) in [6, 6.07) is 10.7. The van der Waals surface area contributed by atoms with Crippen molar-refractivity contribution in [2.45, 2.75) is 58.1 Å². The number of anilines is 1. The third kappa shape index (κ3) is 4.28. The quantitative estimate of drug-likeness (QED) is 0.616. The molecule has 0 saturated heterocycles. The first kappa shape index (κ1) is 22.1. The molecule has 2 N–H and O–H groups in total. The van der Waals surface area contributed by atoms with Crippen LogP contribution in [0.15, 0.2) is 47.4 Å². The minimum atomic E-state index is -0.828. The number of pyridine rings is 1. The highest BCUT2D eigenvalue weighted by Gasteiger charge is 2.30. The van der Waals surface area contributed by atoms with Gasteiger partial charge in [0.1, 0.15) is 5.75 Å². The molecular formula is C26H30N2O4. The maximum absolute atomic E-state index is 13.1. The average Bonchev–Trinajstić information content (AvgIpc) is 2.76. The largest absolute Gasteiger partial charge is 0.496 e. The predicted molar refractivity (Wildman–Crippen MR) is 127 cm³/mol. The number of benzene rings is 2. The molecule has 4 rings (SSSR count). The van der Waals surface area contributed by atoms with Crippen LogP contribution in [0.3, 0.4) is 0 Å². The Kier molecular flexibility index (Phi) is 6.07. The Morgan fingerprint density at radius 1 is 1.09 bits per heavy atom. The van der Waals surface area contributed by atoms with E-state index in [0.717, 1.165) is 36.1 Å². The first-order valence-electron chi connectivity index (χ1n) is 11.1. The Morgan fingerprint density at radius 3 is 2.44 bits per heavy atom. The number of nitrogens with one attached hydrogen (secondary N) is 1. The van der Waals surface area contributed by atoms with Crippen molar-refractivity contribution in [3.8, 4) is 5.75 Å². The Hall–Kier alpha value is -3.12. The normalized spacial score (nSPS) is 15.5. The lowest BCUT2D eigenvalue weighted by Gasteiger charge is -2.32. The first-order chi connectivity index (χ1) is 15.3. The van der Waals surface area contributed by atoms with Gasteiger partial charge < -0.3 is 19.7 Å². The zero-order valence-corrected chi connectivity index (χ0v) is 18.9. The van der Waals surface area contributed by atoms with Crippen LogP contribution in [0.5, 0.6) is 5.75 Å². The van der Waals surface area contributed by atoms with Gasteiger partial charge in [0.05, 0.1) is 19.3 Å². The van der Waals surface area contributed by atoms with E-state index in [9.17, 15) is 14.7 Å². The van der Waals surface area contributed by atoms with Crippen LogP contribution in [0.1, 0.15) is 53.6 Å². The number of methoxy groups -OCH3 is 1. The molecule has 32 heavy (non-hydrogen) atoms. The smallest absolute Gasteiger partial charge is 0.258 e. The number of aromatic nitrogens is 1. The van der Waals surface area contributed by atoms with Crippen LogP contribution in [-0.4, -0.2) is 28.3 Å². The molecule has 3 aromatic rings. The van der Waals surface area contributed by atoms with E-state index in [1.165, 1.54) is 0 Å². The lowest BCUT2D eigenvalue weighted by molar-refractivity contribution is -0.0121. The molecule has 1 saturated carbocycles. The lowest BCUT2D eigenvalue weighted by Crippen LogP contribution is -2.39. The van der Waals surface area contributed by atoms with Gasteiger partial charge in [0, 0.05) is 28.2 Å². The molecule has 0 radical (unpaired) electrons. The lowest BCUT2D eigenvalue weighted by atomic mass is 9.85. The standard InChI is InChI=1S/C26H30N2O4/c1-17-14-19(15-18(2)23(17)32-3)24(29)27-22-9-7-8-21-20(22)10-13-28(25(21)30)16-26(31)11-5-4-6-12-26/h7-10,13-15,31H,4-6,11-12,16H2,1-3H3,(H,27,29). The predicted octanol–water partition coefficient (Wildman–Crippen LogP) is 4.57. The summed E-state index contributed by atoms with van der Waals surface area (Å²) in [5.74, 6) is 0.527. The van der Waals surface area contributed by atoms with E-state index in [1.54, 1.807) is 48.2 Å². The second kappa shape index (κ2) is 8.79. The molecule has 2 aromatic carbocycles. The number of rotatable bonds is 5. The third-order valence-corrected chi connectivity index (χ3v) is 6.44. The van der Waals surface area contributed by atoms with Crippen LogP contribution in [0.2, 0.25) is 0 Å². The number of nitrogens with zero attached hydrogens (tertiary/aromatic N) is 1. The second-order valence-corrected chi connectivity index (χ2v) is 8.90. The number of hydrogen-bond donors (Lipinski definition) is 2. The highest BCUT2D eigenvalue weighted by molar-refractivity contribution is 6.09. The summed E-state index contributed by atoms with van der Waals surface area (Å²) in [7, 11) is 1.62. The van der Waals surface area contributed by atoms with Crippen molar-refractivity contribution in [1.29, 1.82) is 0 Å². The van der Waals surface area contributed by atoms with Crippen LogP contribution in [0.25, 0.3) is 10.8 Å². The number of hydrogen-bond acceptors (Lipinski definition) is 4. The number of carbonyl (C=O) groups excluding carboxylic acids is 1. The molecule has 0 atom stereocenters. The molecule has 1 amide bonds. The fourth-order valence-electron chi connectivity index (χ4n) is 4.83. The van der Waals surface area contributed by atoms with Crippen LogP contribution >= 0.6 is 0 Å². The Morgan fingerprint density at radius 2 is 1.78 bits per heavy atom. The fourth-order valence-corrected chi connectivity index (χ4v) is 4.83. The first-order valence-corrected chi connectivity index (χ1v) is 11.1. The van der Waals surface area contributed by atoms with Crippen LogP contribution < -0.4 is 15.6 Å². The van der Waals surface area contributed by atoms with Gasteiger partial charge in [0.25, 0.3) is 11.5 Å². The van der Waals surface area contributed by atoms with Gasteiger partial charge in [0.2, 0.25) is 0 Å². The molecule has 1 fully saturated rings. The number of carbonyl (C=O) groups is 1. The third-order valence-electron chi connectivity index (χ3n) is 6.44. The van der Waals surface area contributed by atoms with Crippen molar-refractivity contribution in [2.24, 2.45) is 0 Å². The summed E-state index contributed by atoms with van der Waals surface area (Å²) in [4.78, 5) is 26.1. The molecule has 0 unspecified atom stereocenters. The van der Waals surface area contributed by atoms with Gasteiger partial charge in [-0.1, -0.05) is 25.3 Å². The van der Waals surface area contributed by atoms with Gasteiger partial charge in [-0.15, -0.1) is 0 Å². The monoisotopic (exact) mass is 434 g/mol. The zero-order chi connectivity index (χ0) is 22.9. The second-order valence-electron chi connectivity index (χ2n) is 8.90. The average molecular weight is 435 g/mol. The summed E-state index contributed by atoms with van der Waals surface area (Å²) < 4.78 is 6.98. The molecule has 1 aromatic heterocycles. The number of fused-ring (bicyclic) bond motifs is 1. The maximum atomic E-state index is 13.1. The number of ether oxygens (including phenoxy) is 1. The van der Waals surface area contributed by atoms with Crippen LogP contribution in [-0.2, 0) is 6.54 Å². The number of aliphatic hydroxyl groups is 1. The molecule has 0 bridgehead atoms. The molecule has 1 aliphatic carbocycles.